The van der Waals surface area contributed by atoms with Gasteiger partial charge in [0.2, 0.25) is 0 Å². The number of carbonyl (C=O) groups is 1. The van der Waals surface area contributed by atoms with E-state index in [-0.39, 0.29) is 5.91 Å². The summed E-state index contributed by atoms with van der Waals surface area (Å²) in [6.07, 6.45) is 1.69. The number of halogens is 2. The van der Waals surface area contributed by atoms with Crippen LogP contribution in [0.3, 0.4) is 0 Å². The minimum Gasteiger partial charge on any atom is -0.494 e. The number of hydrogen-bond acceptors (Lipinski definition) is 2. The van der Waals surface area contributed by atoms with Crippen molar-refractivity contribution in [3.05, 3.63) is 64.1 Å². The van der Waals surface area contributed by atoms with E-state index in [4.69, 9.17) is 27.9 Å². The van der Waals surface area contributed by atoms with Crippen LogP contribution in [0.2, 0.25) is 10.0 Å². The molecule has 3 nitrogen and oxygen atoms in total. The fraction of sp³-hybridized carbons (Fsp3) is 0.235. The molecule has 0 heterocycles. The second-order valence-electron chi connectivity index (χ2n) is 4.75. The molecule has 2 aromatic carbocycles. The zero-order valence-corrected chi connectivity index (χ0v) is 13.5. The van der Waals surface area contributed by atoms with Crippen molar-refractivity contribution >= 4 is 29.1 Å². The second kappa shape index (κ2) is 8.66. The molecule has 0 spiro atoms. The standard InChI is InChI=1S/C17H17Cl2NO2/c18-13-7-9-14(10-8-13)22-12-4-3-11-20-17(21)15-5-1-2-6-16(15)19/h1-2,5-10H,3-4,11-12H2,(H,20,21). The van der Waals surface area contributed by atoms with Gasteiger partial charge in [0.15, 0.2) is 0 Å². The smallest absolute Gasteiger partial charge is 0.252 e. The summed E-state index contributed by atoms with van der Waals surface area (Å²) in [6.45, 7) is 1.19. The van der Waals surface area contributed by atoms with E-state index in [2.05, 4.69) is 5.32 Å². The van der Waals surface area contributed by atoms with Crippen molar-refractivity contribution in [2.45, 2.75) is 12.8 Å². The lowest BCUT2D eigenvalue weighted by Crippen LogP contribution is -2.25. The molecule has 0 atom stereocenters. The van der Waals surface area contributed by atoms with Crippen molar-refractivity contribution < 1.29 is 9.53 Å². The summed E-state index contributed by atoms with van der Waals surface area (Å²) in [5.41, 5.74) is 0.501. The molecule has 0 radical (unpaired) electrons. The first-order chi connectivity index (χ1) is 10.7. The molecular formula is C17H17Cl2NO2. The zero-order chi connectivity index (χ0) is 15.8. The summed E-state index contributed by atoms with van der Waals surface area (Å²) < 4.78 is 5.58. The monoisotopic (exact) mass is 337 g/mol. The number of carbonyl (C=O) groups excluding carboxylic acids is 1. The van der Waals surface area contributed by atoms with Crippen LogP contribution in [0, 0.1) is 0 Å². The fourth-order valence-electron chi connectivity index (χ4n) is 1.89. The van der Waals surface area contributed by atoms with E-state index in [1.807, 2.05) is 12.1 Å². The average Bonchev–Trinajstić information content (AvgIpc) is 2.52. The number of ether oxygens (including phenoxy) is 1. The maximum atomic E-state index is 11.9. The maximum Gasteiger partial charge on any atom is 0.252 e. The Kier molecular flexibility index (Phi) is 6.56. The Morgan fingerprint density at radius 3 is 2.45 bits per heavy atom. The molecule has 0 aliphatic carbocycles. The summed E-state index contributed by atoms with van der Waals surface area (Å²) in [7, 11) is 0. The summed E-state index contributed by atoms with van der Waals surface area (Å²) in [5.74, 6) is 0.647. The van der Waals surface area contributed by atoms with E-state index in [1.165, 1.54) is 0 Å². The summed E-state index contributed by atoms with van der Waals surface area (Å²) in [4.78, 5) is 11.9. The van der Waals surface area contributed by atoms with E-state index < -0.39 is 0 Å². The first-order valence-corrected chi connectivity index (χ1v) is 7.83. The van der Waals surface area contributed by atoms with Gasteiger partial charge in [-0.05, 0) is 49.2 Å². The molecule has 0 aliphatic heterocycles. The predicted molar refractivity (Wildman–Crippen MR) is 90.0 cm³/mol. The van der Waals surface area contributed by atoms with Crippen molar-refractivity contribution in [2.24, 2.45) is 0 Å². The van der Waals surface area contributed by atoms with Gasteiger partial charge in [-0.25, -0.2) is 0 Å². The van der Waals surface area contributed by atoms with E-state index >= 15 is 0 Å². The molecule has 0 unspecified atom stereocenters. The summed E-state index contributed by atoms with van der Waals surface area (Å²) in [5, 5.41) is 4.00. The van der Waals surface area contributed by atoms with E-state index in [0.717, 1.165) is 18.6 Å². The molecule has 2 rings (SSSR count). The first kappa shape index (κ1) is 16.7. The Hall–Kier alpha value is -1.71. The van der Waals surface area contributed by atoms with Crippen LogP contribution in [0.25, 0.3) is 0 Å². The van der Waals surface area contributed by atoms with Crippen molar-refractivity contribution in [1.29, 1.82) is 0 Å². The van der Waals surface area contributed by atoms with Crippen molar-refractivity contribution in [3.8, 4) is 5.75 Å². The van der Waals surface area contributed by atoms with Gasteiger partial charge in [-0.15, -0.1) is 0 Å². The molecular weight excluding hydrogens is 321 g/mol. The van der Waals surface area contributed by atoms with Gasteiger partial charge in [0.25, 0.3) is 5.91 Å². The molecule has 1 N–H and O–H groups in total. The minimum absolute atomic E-state index is 0.149. The number of rotatable bonds is 7. The van der Waals surface area contributed by atoms with Gasteiger partial charge < -0.3 is 10.1 Å². The molecule has 116 valence electrons. The molecule has 0 fully saturated rings. The average molecular weight is 338 g/mol. The molecule has 0 aromatic heterocycles. The minimum atomic E-state index is -0.149. The van der Waals surface area contributed by atoms with Crippen LogP contribution in [-0.2, 0) is 0 Å². The lowest BCUT2D eigenvalue weighted by atomic mass is 10.2. The molecule has 0 saturated carbocycles. The van der Waals surface area contributed by atoms with Gasteiger partial charge in [-0.2, -0.15) is 0 Å². The number of amides is 1. The van der Waals surface area contributed by atoms with Crippen LogP contribution in [0.5, 0.6) is 5.75 Å². The fourth-order valence-corrected chi connectivity index (χ4v) is 2.24. The molecule has 5 heteroatoms. The van der Waals surface area contributed by atoms with Gasteiger partial charge in [-0.3, -0.25) is 4.79 Å². The lowest BCUT2D eigenvalue weighted by molar-refractivity contribution is 0.0952. The highest BCUT2D eigenvalue weighted by atomic mass is 35.5. The Morgan fingerprint density at radius 2 is 1.73 bits per heavy atom. The van der Waals surface area contributed by atoms with E-state index in [1.54, 1.807) is 36.4 Å². The second-order valence-corrected chi connectivity index (χ2v) is 5.59. The quantitative estimate of drug-likeness (QED) is 0.751. The SMILES string of the molecule is O=C(NCCCCOc1ccc(Cl)cc1)c1ccccc1Cl. The number of nitrogens with one attached hydrogen (secondary N) is 1. The third-order valence-corrected chi connectivity index (χ3v) is 3.64. The highest BCUT2D eigenvalue weighted by Crippen LogP contribution is 2.16. The predicted octanol–water partition coefficient (Wildman–Crippen LogP) is 4.58. The Bertz CT molecular complexity index is 614. The first-order valence-electron chi connectivity index (χ1n) is 7.08. The summed E-state index contributed by atoms with van der Waals surface area (Å²) in [6, 6.07) is 14.3. The zero-order valence-electron chi connectivity index (χ0n) is 12.0. The normalized spacial score (nSPS) is 10.3. The largest absolute Gasteiger partial charge is 0.494 e. The van der Waals surface area contributed by atoms with Gasteiger partial charge in [0, 0.05) is 11.6 Å². The third kappa shape index (κ3) is 5.24. The molecule has 0 bridgehead atoms. The Labute approximate surface area is 140 Å². The van der Waals surface area contributed by atoms with Gasteiger partial charge in [0.05, 0.1) is 17.2 Å². The van der Waals surface area contributed by atoms with Crippen LogP contribution in [0.4, 0.5) is 0 Å². The van der Waals surface area contributed by atoms with E-state index in [0.29, 0.717) is 28.8 Å². The lowest BCUT2D eigenvalue weighted by Gasteiger charge is -2.08. The van der Waals surface area contributed by atoms with Crippen LogP contribution >= 0.6 is 23.2 Å². The van der Waals surface area contributed by atoms with Gasteiger partial charge >= 0.3 is 0 Å². The van der Waals surface area contributed by atoms with Gasteiger partial charge in [-0.1, -0.05) is 35.3 Å². The van der Waals surface area contributed by atoms with Crippen LogP contribution in [0.15, 0.2) is 48.5 Å². The Morgan fingerprint density at radius 1 is 1.00 bits per heavy atom. The molecule has 1 amide bonds. The molecule has 22 heavy (non-hydrogen) atoms. The summed E-state index contributed by atoms with van der Waals surface area (Å²) >= 11 is 11.8. The Balaban J connectivity index is 1.62. The van der Waals surface area contributed by atoms with Crippen molar-refractivity contribution in [2.75, 3.05) is 13.2 Å². The number of unbranched alkanes of at least 4 members (excludes halogenated alkanes) is 1. The number of benzene rings is 2. The van der Waals surface area contributed by atoms with E-state index in [9.17, 15) is 4.79 Å². The van der Waals surface area contributed by atoms with Crippen molar-refractivity contribution in [1.82, 2.24) is 5.32 Å². The van der Waals surface area contributed by atoms with Crippen LogP contribution in [0.1, 0.15) is 23.2 Å². The van der Waals surface area contributed by atoms with Crippen LogP contribution in [-0.4, -0.2) is 19.1 Å². The van der Waals surface area contributed by atoms with Gasteiger partial charge in [0.1, 0.15) is 5.75 Å². The van der Waals surface area contributed by atoms with Crippen molar-refractivity contribution in [3.63, 3.8) is 0 Å². The highest BCUT2D eigenvalue weighted by Gasteiger charge is 2.08. The third-order valence-electron chi connectivity index (χ3n) is 3.06. The number of hydrogen-bond donors (Lipinski definition) is 1. The molecule has 2 aromatic rings. The highest BCUT2D eigenvalue weighted by molar-refractivity contribution is 6.33. The molecule has 0 aliphatic rings. The maximum absolute atomic E-state index is 11.9. The molecule has 0 saturated heterocycles. The van der Waals surface area contributed by atoms with Crippen LogP contribution < -0.4 is 10.1 Å². The topological polar surface area (TPSA) is 38.3 Å².